The average molecular weight is 499 g/mol. The van der Waals surface area contributed by atoms with Crippen molar-refractivity contribution in [1.82, 2.24) is 9.55 Å². The minimum Gasteiger partial charge on any atom is -0.394 e. The van der Waals surface area contributed by atoms with Gasteiger partial charge in [-0.15, -0.1) is 0 Å². The second-order valence-corrected chi connectivity index (χ2v) is 9.13. The highest BCUT2D eigenvalue weighted by Crippen LogP contribution is 2.35. The number of allylic oxidation sites excluding steroid dienone is 1. The van der Waals surface area contributed by atoms with Crippen LogP contribution in [0.2, 0.25) is 0 Å². The molecule has 2 aliphatic heterocycles. The molecule has 2 aromatic heterocycles. The van der Waals surface area contributed by atoms with Gasteiger partial charge >= 0.3 is 0 Å². The maximum absolute atomic E-state index is 13.4. The Hall–Kier alpha value is -2.83. The number of aliphatic hydroxyl groups excluding tert-OH is 5. The quantitative estimate of drug-likeness (QED) is 0.283. The zero-order valence-corrected chi connectivity index (χ0v) is 19.8. The molecular formula is C26H30N2O8. The van der Waals surface area contributed by atoms with Gasteiger partial charge in [0.25, 0.3) is 5.56 Å². The molecule has 10 nitrogen and oxygen atoms in total. The number of hydrogen-bond acceptors (Lipinski definition) is 8. The first-order valence-corrected chi connectivity index (χ1v) is 11.9. The van der Waals surface area contributed by atoms with Crippen molar-refractivity contribution in [2.24, 2.45) is 0 Å². The van der Waals surface area contributed by atoms with Crippen LogP contribution in [-0.2, 0) is 29.0 Å². The van der Waals surface area contributed by atoms with Gasteiger partial charge in [0, 0.05) is 17.4 Å². The molecule has 0 unspecified atom stereocenters. The molecule has 0 bridgehead atoms. The van der Waals surface area contributed by atoms with Crippen molar-refractivity contribution in [3.05, 3.63) is 63.5 Å². The van der Waals surface area contributed by atoms with Crippen molar-refractivity contribution >= 4 is 16.5 Å². The van der Waals surface area contributed by atoms with Crippen molar-refractivity contribution in [2.45, 2.75) is 57.2 Å². The van der Waals surface area contributed by atoms with Gasteiger partial charge < -0.3 is 44.6 Å². The number of aromatic nitrogens is 2. The van der Waals surface area contributed by atoms with E-state index in [0.29, 0.717) is 29.8 Å². The summed E-state index contributed by atoms with van der Waals surface area (Å²) in [6.07, 6.45) is -4.57. The summed E-state index contributed by atoms with van der Waals surface area (Å²) < 4.78 is 12.8. The number of ether oxygens (including phenoxy) is 2. The first-order chi connectivity index (χ1) is 17.4. The zero-order valence-electron chi connectivity index (χ0n) is 19.8. The summed E-state index contributed by atoms with van der Waals surface area (Å²) in [6, 6.07) is 9.82. The van der Waals surface area contributed by atoms with Gasteiger partial charge in [-0.25, -0.2) is 0 Å². The maximum atomic E-state index is 13.4. The number of nitrogens with one attached hydrogen (secondary N) is 1. The average Bonchev–Trinajstić information content (AvgIpc) is 3.28. The third kappa shape index (κ3) is 4.00. The van der Waals surface area contributed by atoms with E-state index in [4.69, 9.17) is 9.47 Å². The van der Waals surface area contributed by atoms with E-state index in [0.717, 1.165) is 22.2 Å². The molecule has 6 N–H and O–H groups in total. The van der Waals surface area contributed by atoms with E-state index in [9.17, 15) is 30.3 Å². The largest absolute Gasteiger partial charge is 0.394 e. The summed E-state index contributed by atoms with van der Waals surface area (Å²) in [5, 5.41) is 51.0. The summed E-state index contributed by atoms with van der Waals surface area (Å²) in [6.45, 7) is 1.10. The van der Waals surface area contributed by atoms with Crippen LogP contribution in [0.3, 0.4) is 0 Å². The van der Waals surface area contributed by atoms with Crippen LogP contribution in [0.4, 0.5) is 0 Å². The number of pyridine rings is 1. The first kappa shape index (κ1) is 24.8. The van der Waals surface area contributed by atoms with E-state index >= 15 is 0 Å². The second-order valence-electron chi connectivity index (χ2n) is 9.13. The highest BCUT2D eigenvalue weighted by atomic mass is 16.7. The molecule has 0 amide bonds. The lowest BCUT2D eigenvalue weighted by molar-refractivity contribution is -0.297. The number of aryl methyl sites for hydroxylation is 1. The van der Waals surface area contributed by atoms with Crippen molar-refractivity contribution in [3.8, 4) is 11.4 Å². The standard InChI is InChI=1S/C26H30N2O8/c1-2-13(12-35-26-24(33)23(32)22(31)20(11-30)36-26)16-9-19-21-15(14-5-3-4-6-18(14)27-21)7-8-28(19)25(34)17(16)10-29/h2-6,9,20,22-24,26-27,29-33H,7-8,10-12H2,1H3/b13-2-/t20-,22-,23+,24-,26-/m1/s1. The SMILES string of the molecule is C/C=C(/CO[C@@H]1O[C@H](CO)[C@@H](O)[C@H](O)[C@H]1O)c1cc2n(c(=O)c1CO)CCc1c-2[nH]c2ccccc12. The van der Waals surface area contributed by atoms with Gasteiger partial charge in [-0.3, -0.25) is 4.79 Å². The highest BCUT2D eigenvalue weighted by molar-refractivity contribution is 5.91. The molecule has 5 atom stereocenters. The third-order valence-corrected chi connectivity index (χ3v) is 7.16. The van der Waals surface area contributed by atoms with E-state index in [1.165, 1.54) is 0 Å². The normalized spacial score (nSPS) is 26.2. The van der Waals surface area contributed by atoms with Crippen LogP contribution >= 0.6 is 0 Å². The van der Waals surface area contributed by atoms with Crippen molar-refractivity contribution in [1.29, 1.82) is 0 Å². The predicted octanol–water partition coefficient (Wildman–Crippen LogP) is 0.265. The smallest absolute Gasteiger partial charge is 0.257 e. The summed E-state index contributed by atoms with van der Waals surface area (Å²) in [5.41, 5.74) is 4.69. The fraction of sp³-hybridized carbons (Fsp3) is 0.423. The Labute approximate surface area is 206 Å². The monoisotopic (exact) mass is 498 g/mol. The summed E-state index contributed by atoms with van der Waals surface area (Å²) >= 11 is 0. The molecule has 1 fully saturated rings. The first-order valence-electron chi connectivity index (χ1n) is 11.9. The fourth-order valence-electron chi connectivity index (χ4n) is 5.15. The number of para-hydroxylation sites is 1. The molecule has 0 saturated carbocycles. The minimum atomic E-state index is -1.56. The summed E-state index contributed by atoms with van der Waals surface area (Å²) in [7, 11) is 0. The Bertz CT molecular complexity index is 1360. The van der Waals surface area contributed by atoms with Gasteiger partial charge in [0.1, 0.15) is 24.4 Å². The molecule has 0 aliphatic carbocycles. The van der Waals surface area contributed by atoms with Gasteiger partial charge in [-0.05, 0) is 42.2 Å². The van der Waals surface area contributed by atoms with Gasteiger partial charge in [-0.2, -0.15) is 0 Å². The Balaban J connectivity index is 1.50. The number of hydrogen-bond donors (Lipinski definition) is 6. The molecule has 1 saturated heterocycles. The van der Waals surface area contributed by atoms with E-state index < -0.39 is 43.9 Å². The predicted molar refractivity (Wildman–Crippen MR) is 131 cm³/mol. The van der Waals surface area contributed by atoms with Crippen molar-refractivity contribution in [3.63, 3.8) is 0 Å². The molecular weight excluding hydrogens is 468 g/mol. The van der Waals surface area contributed by atoms with Crippen LogP contribution in [-0.4, -0.2) is 79.0 Å². The van der Waals surface area contributed by atoms with E-state index in [1.807, 2.05) is 30.3 Å². The third-order valence-electron chi connectivity index (χ3n) is 7.16. The zero-order chi connectivity index (χ0) is 25.6. The van der Waals surface area contributed by atoms with Gasteiger partial charge in [-0.1, -0.05) is 24.3 Å². The molecule has 0 spiro atoms. The molecule has 1 aromatic carbocycles. The Morgan fingerprint density at radius 3 is 2.69 bits per heavy atom. The lowest BCUT2D eigenvalue weighted by atomic mass is 9.95. The minimum absolute atomic E-state index is 0.116. The maximum Gasteiger partial charge on any atom is 0.257 e. The number of aliphatic hydroxyl groups is 5. The molecule has 192 valence electrons. The van der Waals surface area contributed by atoms with Crippen LogP contribution in [0, 0.1) is 0 Å². The number of H-pyrrole nitrogens is 1. The van der Waals surface area contributed by atoms with E-state index in [2.05, 4.69) is 4.98 Å². The van der Waals surface area contributed by atoms with Crippen LogP contribution in [0.5, 0.6) is 0 Å². The Kier molecular flexibility index (Phi) is 6.84. The van der Waals surface area contributed by atoms with Gasteiger partial charge in [0.2, 0.25) is 0 Å². The molecule has 10 heteroatoms. The lowest BCUT2D eigenvalue weighted by Crippen LogP contribution is -2.59. The molecule has 5 rings (SSSR count). The lowest BCUT2D eigenvalue weighted by Gasteiger charge is -2.39. The molecule has 0 radical (unpaired) electrons. The number of fused-ring (bicyclic) bond motifs is 5. The van der Waals surface area contributed by atoms with E-state index in [1.54, 1.807) is 17.6 Å². The Morgan fingerprint density at radius 2 is 1.97 bits per heavy atom. The topological polar surface area (TPSA) is 157 Å². The molecule has 3 aromatic rings. The fourth-order valence-corrected chi connectivity index (χ4v) is 5.15. The number of rotatable bonds is 6. The van der Waals surface area contributed by atoms with E-state index in [-0.39, 0.29) is 17.7 Å². The van der Waals surface area contributed by atoms with Crippen LogP contribution < -0.4 is 5.56 Å². The second kappa shape index (κ2) is 9.91. The Morgan fingerprint density at radius 1 is 1.19 bits per heavy atom. The summed E-state index contributed by atoms with van der Waals surface area (Å²) in [4.78, 5) is 16.8. The van der Waals surface area contributed by atoms with Crippen LogP contribution in [0.15, 0.2) is 41.2 Å². The van der Waals surface area contributed by atoms with Crippen molar-refractivity contribution < 1.29 is 35.0 Å². The highest BCUT2D eigenvalue weighted by Gasteiger charge is 2.44. The van der Waals surface area contributed by atoms with Crippen LogP contribution in [0.25, 0.3) is 27.9 Å². The molecule has 2 aliphatic rings. The number of nitrogens with zero attached hydrogens (tertiary/aromatic N) is 1. The van der Waals surface area contributed by atoms with Crippen LogP contribution in [0.1, 0.15) is 23.6 Å². The number of aromatic amines is 1. The molecule has 36 heavy (non-hydrogen) atoms. The number of benzene rings is 1. The molecule has 4 heterocycles. The summed E-state index contributed by atoms with van der Waals surface area (Å²) in [5.74, 6) is 0. The van der Waals surface area contributed by atoms with Gasteiger partial charge in [0.15, 0.2) is 6.29 Å². The van der Waals surface area contributed by atoms with Gasteiger partial charge in [0.05, 0.1) is 36.8 Å². The van der Waals surface area contributed by atoms with Crippen molar-refractivity contribution in [2.75, 3.05) is 13.2 Å².